The topological polar surface area (TPSA) is 72.9 Å². The maximum absolute atomic E-state index is 11.6. The zero-order valence-electron chi connectivity index (χ0n) is 10.1. The molecule has 17 heavy (non-hydrogen) atoms. The first-order valence-electron chi connectivity index (χ1n) is 6.02. The van der Waals surface area contributed by atoms with E-state index in [1.807, 2.05) is 0 Å². The first kappa shape index (κ1) is 12.2. The van der Waals surface area contributed by atoms with Crippen molar-refractivity contribution in [1.82, 2.24) is 15.1 Å². The van der Waals surface area contributed by atoms with Crippen molar-refractivity contribution in [2.45, 2.75) is 18.9 Å². The molecule has 96 valence electrons. The van der Waals surface area contributed by atoms with Crippen LogP contribution in [0.4, 0.5) is 4.79 Å². The maximum atomic E-state index is 11.6. The van der Waals surface area contributed by atoms with Crippen molar-refractivity contribution in [2.24, 2.45) is 5.92 Å². The third-order valence-corrected chi connectivity index (χ3v) is 3.57. The van der Waals surface area contributed by atoms with Gasteiger partial charge in [-0.15, -0.1) is 0 Å². The van der Waals surface area contributed by atoms with E-state index in [1.54, 1.807) is 0 Å². The molecular formula is C11H19N3O3. The van der Waals surface area contributed by atoms with Gasteiger partial charge in [-0.3, -0.25) is 4.79 Å². The molecular weight excluding hydrogens is 222 g/mol. The monoisotopic (exact) mass is 241 g/mol. The minimum atomic E-state index is -0.957. The van der Waals surface area contributed by atoms with Gasteiger partial charge in [-0.2, -0.15) is 0 Å². The van der Waals surface area contributed by atoms with Crippen LogP contribution >= 0.6 is 0 Å². The fraction of sp³-hybridized carbons (Fsp3) is 0.818. The van der Waals surface area contributed by atoms with Crippen molar-refractivity contribution in [3.63, 3.8) is 0 Å². The van der Waals surface area contributed by atoms with Gasteiger partial charge < -0.3 is 20.2 Å². The lowest BCUT2D eigenvalue weighted by molar-refractivity contribution is -0.137. The van der Waals surface area contributed by atoms with E-state index < -0.39 is 5.97 Å². The van der Waals surface area contributed by atoms with Crippen LogP contribution < -0.4 is 5.32 Å². The van der Waals surface area contributed by atoms with E-state index >= 15 is 0 Å². The number of carboxylic acid groups (broad SMARTS) is 1. The maximum Gasteiger partial charge on any atom is 0.323 e. The Morgan fingerprint density at radius 1 is 1.53 bits per heavy atom. The van der Waals surface area contributed by atoms with E-state index in [0.717, 1.165) is 25.9 Å². The van der Waals surface area contributed by atoms with Crippen LogP contribution in [0, 0.1) is 5.92 Å². The van der Waals surface area contributed by atoms with Gasteiger partial charge in [0.05, 0.1) is 6.04 Å². The molecule has 0 saturated carbocycles. The second-order valence-corrected chi connectivity index (χ2v) is 4.99. The Hall–Kier alpha value is -1.30. The Bertz CT molecular complexity index is 321. The van der Waals surface area contributed by atoms with E-state index in [1.165, 1.54) is 4.90 Å². The number of likely N-dealkylation sites (tertiary alicyclic amines) is 1. The number of aliphatic carboxylic acids is 1. The number of piperidine rings is 1. The number of amides is 2. The fourth-order valence-electron chi connectivity index (χ4n) is 2.72. The smallest absolute Gasteiger partial charge is 0.323 e. The van der Waals surface area contributed by atoms with E-state index in [9.17, 15) is 9.59 Å². The van der Waals surface area contributed by atoms with Crippen LogP contribution in [0.2, 0.25) is 0 Å². The largest absolute Gasteiger partial charge is 0.480 e. The number of rotatable bonds is 3. The highest BCUT2D eigenvalue weighted by molar-refractivity contribution is 5.82. The van der Waals surface area contributed by atoms with E-state index in [4.69, 9.17) is 5.11 Å². The van der Waals surface area contributed by atoms with Crippen LogP contribution in [0.1, 0.15) is 12.8 Å². The summed E-state index contributed by atoms with van der Waals surface area (Å²) < 4.78 is 0. The van der Waals surface area contributed by atoms with Crippen molar-refractivity contribution in [3.05, 3.63) is 0 Å². The number of urea groups is 1. The van der Waals surface area contributed by atoms with Crippen LogP contribution in [0.15, 0.2) is 0 Å². The number of carbonyl (C=O) groups is 2. The molecule has 2 saturated heterocycles. The molecule has 0 bridgehead atoms. The third-order valence-electron chi connectivity index (χ3n) is 3.57. The SMILES string of the molecule is CN1CCCC(C2CN(CC(=O)O)C(=O)N2)C1. The Morgan fingerprint density at radius 2 is 2.29 bits per heavy atom. The van der Waals surface area contributed by atoms with Gasteiger partial charge in [-0.05, 0) is 32.4 Å². The Labute approximate surface area is 101 Å². The van der Waals surface area contributed by atoms with Gasteiger partial charge >= 0.3 is 12.0 Å². The lowest BCUT2D eigenvalue weighted by atomic mass is 9.91. The predicted octanol–water partition coefficient (Wildman–Crippen LogP) is -0.193. The number of hydrogen-bond donors (Lipinski definition) is 2. The first-order valence-corrected chi connectivity index (χ1v) is 6.02. The van der Waals surface area contributed by atoms with E-state index in [2.05, 4.69) is 17.3 Å². The molecule has 0 aromatic carbocycles. The minimum absolute atomic E-state index is 0.101. The molecule has 2 aliphatic rings. The summed E-state index contributed by atoms with van der Waals surface area (Å²) in [6.07, 6.45) is 2.25. The molecule has 2 N–H and O–H groups in total. The Kier molecular flexibility index (Phi) is 3.51. The predicted molar refractivity (Wildman–Crippen MR) is 61.7 cm³/mol. The normalized spacial score (nSPS) is 30.4. The Morgan fingerprint density at radius 3 is 2.94 bits per heavy atom. The molecule has 6 nitrogen and oxygen atoms in total. The van der Waals surface area contributed by atoms with Crippen LogP contribution in [-0.2, 0) is 4.79 Å². The molecule has 2 amide bonds. The minimum Gasteiger partial charge on any atom is -0.480 e. The summed E-state index contributed by atoms with van der Waals surface area (Å²) in [6, 6.07) is -0.143. The van der Waals surface area contributed by atoms with Crippen molar-refractivity contribution < 1.29 is 14.7 Å². The van der Waals surface area contributed by atoms with Gasteiger partial charge in [-0.25, -0.2) is 4.79 Å². The van der Waals surface area contributed by atoms with Crippen LogP contribution in [0.25, 0.3) is 0 Å². The zero-order chi connectivity index (χ0) is 12.4. The van der Waals surface area contributed by atoms with Crippen molar-refractivity contribution in [3.8, 4) is 0 Å². The average Bonchev–Trinajstić information content (AvgIpc) is 2.59. The molecule has 2 rings (SSSR count). The molecule has 0 radical (unpaired) electrons. The molecule has 0 aliphatic carbocycles. The second kappa shape index (κ2) is 4.91. The van der Waals surface area contributed by atoms with Gasteiger partial charge in [0.15, 0.2) is 0 Å². The van der Waals surface area contributed by atoms with Gasteiger partial charge in [0, 0.05) is 13.1 Å². The molecule has 2 fully saturated rings. The molecule has 0 aromatic heterocycles. The summed E-state index contributed by atoms with van der Waals surface area (Å²) in [7, 11) is 2.08. The highest BCUT2D eigenvalue weighted by atomic mass is 16.4. The summed E-state index contributed by atoms with van der Waals surface area (Å²) in [5.74, 6) is -0.516. The summed E-state index contributed by atoms with van der Waals surface area (Å²) >= 11 is 0. The molecule has 2 unspecified atom stereocenters. The average molecular weight is 241 g/mol. The third kappa shape index (κ3) is 2.88. The number of hydrogen-bond acceptors (Lipinski definition) is 3. The van der Waals surface area contributed by atoms with Gasteiger partial charge in [0.25, 0.3) is 0 Å². The zero-order valence-corrected chi connectivity index (χ0v) is 10.1. The summed E-state index contributed by atoms with van der Waals surface area (Å²) in [5, 5.41) is 11.6. The van der Waals surface area contributed by atoms with Crippen molar-refractivity contribution >= 4 is 12.0 Å². The first-order chi connectivity index (χ1) is 8.06. The van der Waals surface area contributed by atoms with Crippen molar-refractivity contribution in [2.75, 3.05) is 33.2 Å². The summed E-state index contributed by atoms with van der Waals surface area (Å²) in [5.41, 5.74) is 0. The van der Waals surface area contributed by atoms with Crippen LogP contribution in [0.5, 0.6) is 0 Å². The van der Waals surface area contributed by atoms with Crippen LogP contribution in [-0.4, -0.2) is 66.2 Å². The number of carbonyl (C=O) groups excluding carboxylic acids is 1. The lowest BCUT2D eigenvalue weighted by Crippen LogP contribution is -2.43. The number of nitrogens with one attached hydrogen (secondary N) is 1. The highest BCUT2D eigenvalue weighted by Gasteiger charge is 2.36. The molecule has 0 aromatic rings. The summed E-state index contributed by atoms with van der Waals surface area (Å²) in [4.78, 5) is 25.8. The molecule has 2 aliphatic heterocycles. The molecule has 2 atom stereocenters. The molecule has 2 heterocycles. The van der Waals surface area contributed by atoms with Gasteiger partial charge in [0.1, 0.15) is 6.54 Å². The standard InChI is InChI=1S/C11H19N3O3/c1-13-4-2-3-8(5-13)9-6-14(7-10(15)16)11(17)12-9/h8-9H,2-7H2,1H3,(H,12,17)(H,15,16). The van der Waals surface area contributed by atoms with Gasteiger partial charge in [-0.1, -0.05) is 0 Å². The van der Waals surface area contributed by atoms with Crippen LogP contribution in [0.3, 0.4) is 0 Å². The summed E-state index contributed by atoms with van der Waals surface area (Å²) in [6.45, 7) is 2.40. The molecule has 6 heteroatoms. The molecule has 0 spiro atoms. The van der Waals surface area contributed by atoms with E-state index in [-0.39, 0.29) is 18.6 Å². The second-order valence-electron chi connectivity index (χ2n) is 4.99. The quantitative estimate of drug-likeness (QED) is 0.718. The van der Waals surface area contributed by atoms with Crippen molar-refractivity contribution in [1.29, 1.82) is 0 Å². The number of nitrogens with zero attached hydrogens (tertiary/aromatic N) is 2. The van der Waals surface area contributed by atoms with E-state index in [0.29, 0.717) is 12.5 Å². The lowest BCUT2D eigenvalue weighted by Gasteiger charge is -2.32. The Balaban J connectivity index is 1.91. The highest BCUT2D eigenvalue weighted by Crippen LogP contribution is 2.22. The number of carboxylic acids is 1. The fourth-order valence-corrected chi connectivity index (χ4v) is 2.72. The van der Waals surface area contributed by atoms with Gasteiger partial charge in [0.2, 0.25) is 0 Å².